The zero-order chi connectivity index (χ0) is 29.9. The van der Waals surface area contributed by atoms with Gasteiger partial charge in [0.15, 0.2) is 9.84 Å². The highest BCUT2D eigenvalue weighted by atomic mass is 35.5. The minimum absolute atomic E-state index is 0.0336. The average Bonchev–Trinajstić information content (AvgIpc) is 2.86. The molecule has 0 radical (unpaired) electrons. The van der Waals surface area contributed by atoms with Gasteiger partial charge in [-0.1, -0.05) is 29.8 Å². The molecule has 0 unspecified atom stereocenters. The maximum absolute atomic E-state index is 13.4. The maximum atomic E-state index is 13.4. The van der Waals surface area contributed by atoms with Crippen molar-refractivity contribution in [3.63, 3.8) is 0 Å². The van der Waals surface area contributed by atoms with Gasteiger partial charge in [0.1, 0.15) is 6.54 Å². The van der Waals surface area contributed by atoms with Crippen LogP contribution in [-0.2, 0) is 40.1 Å². The molecular formula is C24H28ClF6N5O3S+2. The first kappa shape index (κ1) is 31.5. The second-order valence-corrected chi connectivity index (χ2v) is 11.9. The molecule has 1 aliphatic heterocycles. The van der Waals surface area contributed by atoms with Crippen LogP contribution in [0.3, 0.4) is 0 Å². The molecule has 1 heterocycles. The first-order valence-corrected chi connectivity index (χ1v) is 14.0. The lowest BCUT2D eigenvalue weighted by molar-refractivity contribution is -0.639. The van der Waals surface area contributed by atoms with Gasteiger partial charge in [-0.05, 0) is 29.8 Å². The van der Waals surface area contributed by atoms with Crippen LogP contribution < -0.4 is 16.6 Å². The van der Waals surface area contributed by atoms with E-state index in [1.54, 1.807) is 24.3 Å². The summed E-state index contributed by atoms with van der Waals surface area (Å²) in [5, 5.41) is 1.70. The Kier molecular flexibility index (Phi) is 9.65. The summed E-state index contributed by atoms with van der Waals surface area (Å²) in [6.45, 7) is -0.430. The number of nitrogens with zero attached hydrogens (tertiary/aromatic N) is 2. The topological polar surface area (TPSA) is 114 Å². The molecule has 40 heavy (non-hydrogen) atoms. The first-order chi connectivity index (χ1) is 18.5. The third kappa shape index (κ3) is 8.02. The molecule has 220 valence electrons. The summed E-state index contributed by atoms with van der Waals surface area (Å²) in [6.07, 6.45) is -10.0. The number of alkyl halides is 6. The van der Waals surface area contributed by atoms with Crippen molar-refractivity contribution in [1.29, 1.82) is 0 Å². The molecule has 16 heteroatoms. The van der Waals surface area contributed by atoms with Crippen molar-refractivity contribution >= 4 is 27.3 Å². The Bertz CT molecular complexity index is 1340. The van der Waals surface area contributed by atoms with Gasteiger partial charge in [-0.25, -0.2) is 13.8 Å². The van der Waals surface area contributed by atoms with Gasteiger partial charge in [-0.2, -0.15) is 26.3 Å². The summed E-state index contributed by atoms with van der Waals surface area (Å²) >= 11 is 6.20. The number of halogens is 7. The number of rotatable bonds is 8. The van der Waals surface area contributed by atoms with Gasteiger partial charge in [0.2, 0.25) is 11.5 Å². The van der Waals surface area contributed by atoms with Crippen LogP contribution in [0, 0.1) is 0 Å². The molecule has 1 aliphatic rings. The Balaban J connectivity index is 1.99. The van der Waals surface area contributed by atoms with Crippen LogP contribution in [0.5, 0.6) is 0 Å². The minimum atomic E-state index is -5.02. The number of nitrogens with two attached hydrogens (primary N) is 1. The maximum Gasteiger partial charge on any atom is 0.416 e. The Hall–Kier alpha value is -3.01. The normalized spacial score (nSPS) is 16.4. The van der Waals surface area contributed by atoms with E-state index in [0.717, 1.165) is 0 Å². The molecule has 8 nitrogen and oxygen atoms in total. The number of nitrogens with one attached hydrogen (secondary N) is 1. The number of carbonyl (C=O) groups is 1. The van der Waals surface area contributed by atoms with Crippen LogP contribution >= 0.6 is 11.6 Å². The molecule has 0 saturated carbocycles. The van der Waals surface area contributed by atoms with Crippen LogP contribution in [0.2, 0.25) is 5.02 Å². The lowest BCUT2D eigenvalue weighted by atomic mass is 10.0. The standard InChI is InChI=1S/C24H26ClF6N5O3S/c1-35(14-16-4-2-3-5-19(16)25)22(37)20(34-32)21(36-6-8-40(38,39)9-7-36)33-13-15-10-17(23(26,27)28)12-18(11-15)24(29,30)31/h2-5,10-12,33-34H,6-9,13-14,32H2,1H3/p+2/b21-20+. The Labute approximate surface area is 231 Å². The van der Waals surface area contributed by atoms with Crippen molar-refractivity contribution in [2.24, 2.45) is 0 Å². The molecule has 1 fully saturated rings. The van der Waals surface area contributed by atoms with E-state index in [2.05, 4.69) is 11.3 Å². The van der Waals surface area contributed by atoms with Gasteiger partial charge < -0.3 is 9.80 Å². The molecule has 2 aromatic rings. The highest BCUT2D eigenvalue weighted by Gasteiger charge is 2.37. The predicted octanol–water partition coefficient (Wildman–Crippen LogP) is 1.75. The zero-order valence-electron chi connectivity index (χ0n) is 21.2. The number of likely N-dealkylation sites (N-methyl/N-ethyl adjacent to an activating group) is 1. The van der Waals surface area contributed by atoms with Gasteiger partial charge in [0.25, 0.3) is 5.91 Å². The number of carbonyl (C=O) groups excluding carboxylic acids is 1. The lowest BCUT2D eigenvalue weighted by Crippen LogP contribution is -2.85. The molecule has 0 aromatic heterocycles. The van der Waals surface area contributed by atoms with Gasteiger partial charge in [0, 0.05) is 37.3 Å². The molecule has 1 saturated heterocycles. The molecule has 6 N–H and O–H groups in total. The van der Waals surface area contributed by atoms with E-state index in [-0.39, 0.29) is 54.3 Å². The van der Waals surface area contributed by atoms with Gasteiger partial charge >= 0.3 is 12.4 Å². The van der Waals surface area contributed by atoms with Crippen molar-refractivity contribution < 1.29 is 50.7 Å². The molecular weight excluding hydrogens is 588 g/mol. The van der Waals surface area contributed by atoms with E-state index in [4.69, 9.17) is 11.6 Å². The minimum Gasteiger partial charge on any atom is -0.336 e. The molecule has 2 aromatic carbocycles. The molecule has 0 spiro atoms. The van der Waals surface area contributed by atoms with E-state index in [1.165, 1.54) is 22.2 Å². The van der Waals surface area contributed by atoms with E-state index >= 15 is 0 Å². The highest BCUT2D eigenvalue weighted by molar-refractivity contribution is 7.91. The van der Waals surface area contributed by atoms with Crippen molar-refractivity contribution in [1.82, 2.24) is 15.2 Å². The van der Waals surface area contributed by atoms with Crippen LogP contribution in [-0.4, -0.2) is 55.8 Å². The quantitative estimate of drug-likeness (QED) is 0.238. The number of hydrogen-bond donors (Lipinski definition) is 3. The highest BCUT2D eigenvalue weighted by Crippen LogP contribution is 2.36. The van der Waals surface area contributed by atoms with Crippen molar-refractivity contribution in [2.45, 2.75) is 25.4 Å². The average molecular weight is 616 g/mol. The van der Waals surface area contributed by atoms with Gasteiger partial charge in [-0.15, -0.1) is 0 Å². The van der Waals surface area contributed by atoms with Crippen LogP contribution in [0.1, 0.15) is 22.3 Å². The number of hydrogen-bond acceptors (Lipinski definition) is 5. The Morgan fingerprint density at radius 2 is 1.60 bits per heavy atom. The van der Waals surface area contributed by atoms with E-state index in [9.17, 15) is 39.6 Å². The Morgan fingerprint density at radius 1 is 1.05 bits per heavy atom. The Morgan fingerprint density at radius 3 is 2.10 bits per heavy atom. The number of amides is 1. The van der Waals surface area contributed by atoms with Crippen molar-refractivity contribution in [2.75, 3.05) is 31.6 Å². The molecule has 1 amide bonds. The summed E-state index contributed by atoms with van der Waals surface area (Å²) in [5.74, 6) is 2.56. The monoisotopic (exact) mass is 615 g/mol. The number of quaternary nitrogens is 2. The van der Waals surface area contributed by atoms with Crippen LogP contribution in [0.4, 0.5) is 26.3 Å². The van der Waals surface area contributed by atoms with E-state index in [1.807, 2.05) is 0 Å². The summed E-state index contributed by atoms with van der Waals surface area (Å²) in [4.78, 5) is 16.3. The SMILES string of the molecule is CN(Cc1ccccc1Cl)C(=O)/C(N[NH3+])=C(/[NH2+]Cc1cc(C(F)(F)F)cc(C(F)(F)F)c1)N1CCS(=O)(=O)CC1. The summed E-state index contributed by atoms with van der Waals surface area (Å²) in [6, 6.07) is 8.04. The molecule has 0 atom stereocenters. The number of benzene rings is 2. The van der Waals surface area contributed by atoms with Gasteiger partial charge in [-0.3, -0.25) is 16.0 Å². The van der Waals surface area contributed by atoms with Crippen molar-refractivity contribution in [3.05, 3.63) is 81.3 Å². The van der Waals surface area contributed by atoms with Crippen LogP contribution in [0.15, 0.2) is 54.0 Å². The summed E-state index contributed by atoms with van der Waals surface area (Å²) in [7, 11) is -1.87. The predicted molar refractivity (Wildman–Crippen MR) is 133 cm³/mol. The summed E-state index contributed by atoms with van der Waals surface area (Å²) in [5.41, 5.74) is -0.190. The zero-order valence-corrected chi connectivity index (χ0v) is 22.8. The largest absolute Gasteiger partial charge is 0.416 e. The fourth-order valence-electron chi connectivity index (χ4n) is 4.11. The first-order valence-electron chi connectivity index (χ1n) is 11.8. The van der Waals surface area contributed by atoms with E-state index < -0.39 is 45.8 Å². The second kappa shape index (κ2) is 12.2. The number of sulfone groups is 1. The third-order valence-corrected chi connectivity index (χ3v) is 8.20. The van der Waals surface area contributed by atoms with E-state index in [0.29, 0.717) is 22.7 Å². The molecule has 0 aliphatic carbocycles. The smallest absolute Gasteiger partial charge is 0.336 e. The molecule has 0 bridgehead atoms. The fourth-order valence-corrected chi connectivity index (χ4v) is 5.51. The summed E-state index contributed by atoms with van der Waals surface area (Å²) < 4.78 is 104. The lowest BCUT2D eigenvalue weighted by Gasteiger charge is -2.30. The van der Waals surface area contributed by atoms with Crippen LogP contribution in [0.25, 0.3) is 0 Å². The van der Waals surface area contributed by atoms with Gasteiger partial charge in [0.05, 0.1) is 22.6 Å². The van der Waals surface area contributed by atoms with Crippen molar-refractivity contribution in [3.8, 4) is 0 Å². The third-order valence-electron chi connectivity index (χ3n) is 6.22. The molecule has 3 rings (SSSR count). The second-order valence-electron chi connectivity index (χ2n) is 9.15. The fraction of sp³-hybridized carbons (Fsp3) is 0.375.